The first-order valence-corrected chi connectivity index (χ1v) is 6.00. The maximum absolute atomic E-state index is 13.2. The highest BCUT2D eigenvalue weighted by atomic mass is 19.1. The van der Waals surface area contributed by atoms with Gasteiger partial charge in [0.1, 0.15) is 11.6 Å². The fourth-order valence-corrected chi connectivity index (χ4v) is 1.85. The molecule has 0 saturated carbocycles. The number of hydrogen-bond donors (Lipinski definition) is 2. The number of nitrogen functional groups attached to an aromatic ring is 1. The second kappa shape index (κ2) is 5.17. The molecule has 5 nitrogen and oxygen atoms in total. The van der Waals surface area contributed by atoms with E-state index in [4.69, 9.17) is 10.5 Å². The Bertz CT molecular complexity index is 595. The van der Waals surface area contributed by atoms with E-state index in [-0.39, 0.29) is 5.82 Å². The molecule has 1 aromatic heterocycles. The molecule has 1 heterocycles. The van der Waals surface area contributed by atoms with Gasteiger partial charge in [-0.3, -0.25) is 0 Å². The van der Waals surface area contributed by atoms with Crippen molar-refractivity contribution in [2.45, 2.75) is 20.4 Å². The van der Waals surface area contributed by atoms with Crippen LogP contribution in [0.3, 0.4) is 0 Å². The van der Waals surface area contributed by atoms with E-state index < -0.39 is 0 Å². The van der Waals surface area contributed by atoms with Crippen molar-refractivity contribution in [2.75, 3.05) is 18.2 Å². The highest BCUT2D eigenvalue weighted by Crippen LogP contribution is 2.31. The predicted molar refractivity (Wildman–Crippen MR) is 73.3 cm³/mol. The summed E-state index contributed by atoms with van der Waals surface area (Å²) in [7, 11) is 1.49. The molecule has 0 radical (unpaired) electrons. The van der Waals surface area contributed by atoms with Crippen LogP contribution in [0.25, 0.3) is 0 Å². The van der Waals surface area contributed by atoms with Crippen LogP contribution in [0.15, 0.2) is 18.2 Å². The predicted octanol–water partition coefficient (Wildman–Crippen LogP) is 2.68. The lowest BCUT2D eigenvalue weighted by molar-refractivity contribution is 0.413. The molecule has 0 fully saturated rings. The molecule has 1 aromatic carbocycles. The summed E-state index contributed by atoms with van der Waals surface area (Å²) in [5.41, 5.74) is 7.96. The first kappa shape index (κ1) is 13.2. The van der Waals surface area contributed by atoms with Crippen molar-refractivity contribution in [3.8, 4) is 5.75 Å². The van der Waals surface area contributed by atoms with Crippen molar-refractivity contribution >= 4 is 17.2 Å². The first-order valence-electron chi connectivity index (χ1n) is 6.00. The van der Waals surface area contributed by atoms with Crippen LogP contribution in [0.2, 0.25) is 0 Å². The number of rotatable bonds is 4. The molecule has 2 aromatic rings. The van der Waals surface area contributed by atoms with Crippen molar-refractivity contribution < 1.29 is 9.13 Å². The summed E-state index contributed by atoms with van der Waals surface area (Å²) < 4.78 is 20.1. The summed E-state index contributed by atoms with van der Waals surface area (Å²) in [6.07, 6.45) is 0. The van der Waals surface area contributed by atoms with E-state index >= 15 is 0 Å². The minimum Gasteiger partial charge on any atom is -0.494 e. The van der Waals surface area contributed by atoms with Gasteiger partial charge in [0.15, 0.2) is 5.82 Å². The molecular weight excluding hydrogens is 247 g/mol. The average Bonchev–Trinajstić information content (AvgIpc) is 2.68. The lowest BCUT2D eigenvalue weighted by Gasteiger charge is -2.12. The number of aromatic nitrogens is 2. The minimum atomic E-state index is -0.351. The van der Waals surface area contributed by atoms with Gasteiger partial charge in [0, 0.05) is 12.6 Å². The van der Waals surface area contributed by atoms with Crippen molar-refractivity contribution in [3.63, 3.8) is 0 Å². The summed E-state index contributed by atoms with van der Waals surface area (Å²) in [6, 6.07) is 4.29. The van der Waals surface area contributed by atoms with E-state index in [9.17, 15) is 4.39 Å². The Hall–Kier alpha value is -2.24. The third-order valence-electron chi connectivity index (χ3n) is 2.89. The number of nitrogens with zero attached hydrogens (tertiary/aromatic N) is 2. The van der Waals surface area contributed by atoms with E-state index in [1.165, 1.54) is 19.2 Å². The second-order valence-electron chi connectivity index (χ2n) is 4.13. The van der Waals surface area contributed by atoms with Crippen molar-refractivity contribution in [1.29, 1.82) is 0 Å². The van der Waals surface area contributed by atoms with E-state index in [0.29, 0.717) is 29.5 Å². The Morgan fingerprint density at radius 1 is 1.47 bits per heavy atom. The van der Waals surface area contributed by atoms with E-state index in [0.717, 1.165) is 5.69 Å². The molecule has 3 N–H and O–H groups in total. The molecule has 0 aliphatic rings. The topological polar surface area (TPSA) is 65.1 Å². The number of hydrogen-bond acceptors (Lipinski definition) is 4. The smallest absolute Gasteiger partial charge is 0.152 e. The number of benzene rings is 1. The maximum atomic E-state index is 13.2. The lowest BCUT2D eigenvalue weighted by atomic mass is 10.2. The van der Waals surface area contributed by atoms with E-state index in [2.05, 4.69) is 10.4 Å². The van der Waals surface area contributed by atoms with Crippen LogP contribution in [0.5, 0.6) is 5.75 Å². The molecule has 19 heavy (non-hydrogen) atoms. The fraction of sp³-hybridized carbons (Fsp3) is 0.308. The lowest BCUT2D eigenvalue weighted by Crippen LogP contribution is -2.05. The number of ether oxygens (including phenoxy) is 1. The normalized spacial score (nSPS) is 10.5. The highest BCUT2D eigenvalue weighted by molar-refractivity contribution is 5.74. The zero-order chi connectivity index (χ0) is 14.0. The average molecular weight is 264 g/mol. The van der Waals surface area contributed by atoms with E-state index in [1.54, 1.807) is 10.7 Å². The number of anilines is 3. The minimum absolute atomic E-state index is 0.351. The van der Waals surface area contributed by atoms with Gasteiger partial charge in [-0.25, -0.2) is 9.07 Å². The Labute approximate surface area is 111 Å². The molecule has 0 amide bonds. The van der Waals surface area contributed by atoms with Crippen LogP contribution < -0.4 is 15.8 Å². The van der Waals surface area contributed by atoms with Gasteiger partial charge in [-0.15, -0.1) is 0 Å². The quantitative estimate of drug-likeness (QED) is 0.891. The molecule has 0 aliphatic carbocycles. The summed E-state index contributed by atoms with van der Waals surface area (Å²) in [4.78, 5) is 0. The van der Waals surface area contributed by atoms with Gasteiger partial charge in [0.2, 0.25) is 0 Å². The summed E-state index contributed by atoms with van der Waals surface area (Å²) in [5.74, 6) is 0.751. The van der Waals surface area contributed by atoms with Gasteiger partial charge in [-0.2, -0.15) is 5.10 Å². The highest BCUT2D eigenvalue weighted by Gasteiger charge is 2.13. The molecule has 0 spiro atoms. The number of nitrogens with two attached hydrogens (primary N) is 1. The Kier molecular flexibility index (Phi) is 3.59. The van der Waals surface area contributed by atoms with Crippen molar-refractivity contribution in [3.05, 3.63) is 29.7 Å². The van der Waals surface area contributed by atoms with Gasteiger partial charge in [-0.1, -0.05) is 0 Å². The van der Waals surface area contributed by atoms with Gasteiger partial charge < -0.3 is 15.8 Å². The molecule has 6 heteroatoms. The van der Waals surface area contributed by atoms with Crippen LogP contribution in [0, 0.1) is 12.7 Å². The first-order chi connectivity index (χ1) is 9.06. The fourth-order valence-electron chi connectivity index (χ4n) is 1.85. The molecule has 0 bridgehead atoms. The third kappa shape index (κ3) is 2.47. The Morgan fingerprint density at radius 3 is 2.84 bits per heavy atom. The third-order valence-corrected chi connectivity index (χ3v) is 2.89. The summed E-state index contributed by atoms with van der Waals surface area (Å²) >= 11 is 0. The Morgan fingerprint density at radius 2 is 2.21 bits per heavy atom. The Balaban J connectivity index is 2.41. The molecule has 102 valence electrons. The van der Waals surface area contributed by atoms with Gasteiger partial charge in [-0.05, 0) is 26.0 Å². The van der Waals surface area contributed by atoms with Gasteiger partial charge >= 0.3 is 0 Å². The van der Waals surface area contributed by atoms with Crippen molar-refractivity contribution in [2.24, 2.45) is 0 Å². The molecule has 2 rings (SSSR count). The van der Waals surface area contributed by atoms with E-state index in [1.807, 2.05) is 13.8 Å². The number of aryl methyl sites for hydroxylation is 2. The van der Waals surface area contributed by atoms with Crippen LogP contribution >= 0.6 is 0 Å². The second-order valence-corrected chi connectivity index (χ2v) is 4.13. The van der Waals surface area contributed by atoms with Gasteiger partial charge in [0.05, 0.1) is 24.2 Å². The van der Waals surface area contributed by atoms with Gasteiger partial charge in [0.25, 0.3) is 0 Å². The zero-order valence-electron chi connectivity index (χ0n) is 11.2. The molecular formula is C13H17FN4O. The molecule has 0 unspecified atom stereocenters. The number of methoxy groups -OCH3 is 1. The van der Waals surface area contributed by atoms with Crippen LogP contribution in [-0.2, 0) is 6.54 Å². The summed E-state index contributed by atoms with van der Waals surface area (Å²) in [5, 5.41) is 7.46. The van der Waals surface area contributed by atoms with Crippen LogP contribution in [0.4, 0.5) is 21.6 Å². The summed E-state index contributed by atoms with van der Waals surface area (Å²) in [6.45, 7) is 4.50. The zero-order valence-corrected chi connectivity index (χ0v) is 11.2. The van der Waals surface area contributed by atoms with Crippen LogP contribution in [0.1, 0.15) is 12.6 Å². The largest absolute Gasteiger partial charge is 0.494 e. The molecule has 0 aliphatic heterocycles. The van der Waals surface area contributed by atoms with Crippen molar-refractivity contribution in [1.82, 2.24) is 9.78 Å². The molecule has 0 atom stereocenters. The SMILES string of the molecule is CCn1nc(C)c(N)c1Nc1ccc(F)cc1OC. The molecule has 0 saturated heterocycles. The standard InChI is InChI=1S/C13H17FN4O/c1-4-18-13(12(15)8(2)17-18)16-10-6-5-9(14)7-11(10)19-3/h5-7,16H,4,15H2,1-3H3. The number of halogens is 1. The monoisotopic (exact) mass is 264 g/mol. The maximum Gasteiger partial charge on any atom is 0.152 e. The number of nitrogens with one attached hydrogen (secondary N) is 1. The van der Waals surface area contributed by atoms with Crippen LogP contribution in [-0.4, -0.2) is 16.9 Å².